The molecule has 0 atom stereocenters. The molecule has 0 radical (unpaired) electrons. The molecule has 6 heteroatoms. The fraction of sp³-hybridized carbons (Fsp3) is 0.105. The lowest BCUT2D eigenvalue weighted by atomic mass is 10.2. The van der Waals surface area contributed by atoms with E-state index in [9.17, 15) is 4.79 Å². The summed E-state index contributed by atoms with van der Waals surface area (Å²) in [5.41, 5.74) is 3.76. The summed E-state index contributed by atoms with van der Waals surface area (Å²) in [5, 5.41) is 6.73. The third-order valence-corrected chi connectivity index (χ3v) is 3.87. The van der Waals surface area contributed by atoms with Crippen molar-refractivity contribution in [3.63, 3.8) is 0 Å². The molecule has 0 saturated carbocycles. The predicted octanol–water partition coefficient (Wildman–Crippen LogP) is 4.30. The van der Waals surface area contributed by atoms with Gasteiger partial charge in [-0.3, -0.25) is 14.8 Å². The highest BCUT2D eigenvalue weighted by atomic mass is 35.5. The predicted molar refractivity (Wildman–Crippen MR) is 99.9 cm³/mol. The molecule has 1 aromatic carbocycles. The minimum Gasteiger partial charge on any atom is -0.378 e. The van der Waals surface area contributed by atoms with E-state index in [1.54, 1.807) is 36.7 Å². The fourth-order valence-corrected chi connectivity index (χ4v) is 2.54. The number of hydrogen-bond acceptors (Lipinski definition) is 4. The van der Waals surface area contributed by atoms with Gasteiger partial charge in [-0.1, -0.05) is 17.7 Å². The Kier molecular flexibility index (Phi) is 5.26. The maximum atomic E-state index is 12.5. The van der Waals surface area contributed by atoms with Gasteiger partial charge in [-0.25, -0.2) is 0 Å². The number of carbonyl (C=O) groups is 1. The van der Waals surface area contributed by atoms with Crippen molar-refractivity contribution in [2.45, 2.75) is 13.5 Å². The Morgan fingerprint density at radius 3 is 2.80 bits per heavy atom. The van der Waals surface area contributed by atoms with E-state index in [1.807, 2.05) is 25.1 Å². The van der Waals surface area contributed by atoms with Gasteiger partial charge in [-0.15, -0.1) is 0 Å². The number of aryl methyl sites for hydroxylation is 1. The molecule has 3 aromatic rings. The molecule has 0 aliphatic rings. The number of aromatic nitrogens is 2. The van der Waals surface area contributed by atoms with Crippen molar-refractivity contribution in [3.8, 4) is 0 Å². The Morgan fingerprint density at radius 2 is 2.04 bits per heavy atom. The lowest BCUT2D eigenvalue weighted by Crippen LogP contribution is -2.13. The summed E-state index contributed by atoms with van der Waals surface area (Å²) in [6, 6.07) is 12.8. The molecule has 0 unspecified atom stereocenters. The molecule has 1 amide bonds. The minimum atomic E-state index is -0.223. The summed E-state index contributed by atoms with van der Waals surface area (Å²) < 4.78 is 0. The highest BCUT2D eigenvalue weighted by Gasteiger charge is 2.09. The van der Waals surface area contributed by atoms with E-state index >= 15 is 0 Å². The molecule has 3 rings (SSSR count). The fourth-order valence-electron chi connectivity index (χ4n) is 2.32. The van der Waals surface area contributed by atoms with Crippen LogP contribution in [-0.4, -0.2) is 15.9 Å². The molecular formula is C19H17ClN4O. The molecule has 0 fully saturated rings. The zero-order valence-electron chi connectivity index (χ0n) is 13.7. The monoisotopic (exact) mass is 352 g/mol. The first-order chi connectivity index (χ1) is 12.1. The summed E-state index contributed by atoms with van der Waals surface area (Å²) in [6.07, 6.45) is 4.95. The van der Waals surface area contributed by atoms with Crippen LogP contribution in [0.25, 0.3) is 0 Å². The van der Waals surface area contributed by atoms with Crippen LogP contribution in [-0.2, 0) is 6.54 Å². The largest absolute Gasteiger partial charge is 0.378 e. The third-order valence-electron chi connectivity index (χ3n) is 3.64. The first kappa shape index (κ1) is 16.9. The normalized spacial score (nSPS) is 10.3. The molecule has 5 nitrogen and oxygen atoms in total. The number of nitrogens with one attached hydrogen (secondary N) is 2. The maximum absolute atomic E-state index is 12.5. The number of pyridine rings is 2. The number of halogens is 1. The molecule has 0 bridgehead atoms. The molecule has 0 saturated heterocycles. The summed E-state index contributed by atoms with van der Waals surface area (Å²) in [5.74, 6) is -0.223. The second-order valence-corrected chi connectivity index (χ2v) is 5.99. The minimum absolute atomic E-state index is 0.223. The van der Waals surface area contributed by atoms with Gasteiger partial charge < -0.3 is 10.6 Å². The second kappa shape index (κ2) is 7.77. The second-order valence-electron chi connectivity index (χ2n) is 5.55. The van der Waals surface area contributed by atoms with Gasteiger partial charge in [-0.05, 0) is 48.9 Å². The molecule has 0 aliphatic heterocycles. The van der Waals surface area contributed by atoms with Crippen molar-refractivity contribution in [2.24, 2.45) is 0 Å². The van der Waals surface area contributed by atoms with Gasteiger partial charge in [0.1, 0.15) is 0 Å². The zero-order chi connectivity index (χ0) is 17.6. The zero-order valence-corrected chi connectivity index (χ0v) is 14.4. The average molecular weight is 353 g/mol. The van der Waals surface area contributed by atoms with Gasteiger partial charge in [0.2, 0.25) is 0 Å². The highest BCUT2D eigenvalue weighted by molar-refractivity contribution is 6.30. The van der Waals surface area contributed by atoms with Crippen molar-refractivity contribution >= 4 is 28.9 Å². The smallest absolute Gasteiger partial charge is 0.257 e. The van der Waals surface area contributed by atoms with E-state index in [-0.39, 0.29) is 5.91 Å². The molecule has 0 spiro atoms. The first-order valence-corrected chi connectivity index (χ1v) is 8.16. The number of carbonyl (C=O) groups excluding carboxylic acids is 1. The quantitative estimate of drug-likeness (QED) is 0.718. The number of anilines is 2. The highest BCUT2D eigenvalue weighted by Crippen LogP contribution is 2.20. The van der Waals surface area contributed by atoms with Gasteiger partial charge in [0.15, 0.2) is 0 Å². The molecular weight excluding hydrogens is 336 g/mol. The van der Waals surface area contributed by atoms with Crippen LogP contribution in [0.5, 0.6) is 0 Å². The molecule has 0 aliphatic carbocycles. The van der Waals surface area contributed by atoms with Crippen molar-refractivity contribution in [1.82, 2.24) is 9.97 Å². The standard InChI is InChI=1S/C19H17ClN4O/c1-13-8-15(20)5-6-18(13)24-19(25)14-9-17(11-21-10-14)23-12-16-4-2-3-7-22-16/h2-11,23H,12H2,1H3,(H,24,25). The van der Waals surface area contributed by atoms with Gasteiger partial charge in [0.25, 0.3) is 5.91 Å². The Balaban J connectivity index is 1.69. The van der Waals surface area contributed by atoms with Crippen LogP contribution < -0.4 is 10.6 Å². The van der Waals surface area contributed by atoms with Gasteiger partial charge in [-0.2, -0.15) is 0 Å². The van der Waals surface area contributed by atoms with Crippen molar-refractivity contribution in [2.75, 3.05) is 10.6 Å². The number of hydrogen-bond donors (Lipinski definition) is 2. The van der Waals surface area contributed by atoms with E-state index < -0.39 is 0 Å². The van der Waals surface area contributed by atoms with Crippen molar-refractivity contribution in [1.29, 1.82) is 0 Å². The van der Waals surface area contributed by atoms with E-state index in [1.165, 1.54) is 6.20 Å². The number of amides is 1. The summed E-state index contributed by atoms with van der Waals surface area (Å²) in [7, 11) is 0. The molecule has 2 N–H and O–H groups in total. The Bertz CT molecular complexity index is 884. The van der Waals surface area contributed by atoms with Crippen LogP contribution in [0, 0.1) is 6.92 Å². The lowest BCUT2D eigenvalue weighted by molar-refractivity contribution is 0.102. The third kappa shape index (κ3) is 4.55. The Morgan fingerprint density at radius 1 is 1.16 bits per heavy atom. The first-order valence-electron chi connectivity index (χ1n) is 7.78. The topological polar surface area (TPSA) is 66.9 Å². The van der Waals surface area contributed by atoms with Gasteiger partial charge in [0.05, 0.1) is 23.5 Å². The summed E-state index contributed by atoms with van der Waals surface area (Å²) in [6.45, 7) is 2.45. The summed E-state index contributed by atoms with van der Waals surface area (Å²) >= 11 is 5.94. The van der Waals surface area contributed by atoms with E-state index in [2.05, 4.69) is 20.6 Å². The lowest BCUT2D eigenvalue weighted by Gasteiger charge is -2.10. The van der Waals surface area contributed by atoms with Crippen LogP contribution in [0.4, 0.5) is 11.4 Å². The molecule has 2 aromatic heterocycles. The summed E-state index contributed by atoms with van der Waals surface area (Å²) in [4.78, 5) is 20.8. The number of nitrogens with zero attached hydrogens (tertiary/aromatic N) is 2. The van der Waals surface area contributed by atoms with E-state index in [0.717, 1.165) is 22.6 Å². The van der Waals surface area contributed by atoms with Crippen LogP contribution in [0.3, 0.4) is 0 Å². The van der Waals surface area contributed by atoms with Gasteiger partial charge >= 0.3 is 0 Å². The van der Waals surface area contributed by atoms with Crippen LogP contribution in [0.1, 0.15) is 21.6 Å². The van der Waals surface area contributed by atoms with Crippen molar-refractivity contribution < 1.29 is 4.79 Å². The van der Waals surface area contributed by atoms with Crippen LogP contribution in [0.2, 0.25) is 5.02 Å². The molecule has 126 valence electrons. The van der Waals surface area contributed by atoms with Gasteiger partial charge in [0, 0.05) is 29.3 Å². The van der Waals surface area contributed by atoms with E-state index in [0.29, 0.717) is 17.1 Å². The number of benzene rings is 1. The SMILES string of the molecule is Cc1cc(Cl)ccc1NC(=O)c1cncc(NCc2ccccn2)c1. The van der Waals surface area contributed by atoms with Crippen LogP contribution >= 0.6 is 11.6 Å². The van der Waals surface area contributed by atoms with Crippen LogP contribution in [0.15, 0.2) is 61.1 Å². The maximum Gasteiger partial charge on any atom is 0.257 e. The Labute approximate surface area is 151 Å². The molecule has 2 heterocycles. The number of rotatable bonds is 5. The van der Waals surface area contributed by atoms with Crippen molar-refractivity contribution in [3.05, 3.63) is 82.9 Å². The van der Waals surface area contributed by atoms with E-state index in [4.69, 9.17) is 11.6 Å². The molecule has 25 heavy (non-hydrogen) atoms. The Hall–Kier alpha value is -2.92. The average Bonchev–Trinajstić information content (AvgIpc) is 2.63.